The summed E-state index contributed by atoms with van der Waals surface area (Å²) in [6.07, 6.45) is 0.0573. The van der Waals surface area contributed by atoms with E-state index in [-0.39, 0.29) is 24.3 Å². The number of benzene rings is 1. The Morgan fingerprint density at radius 3 is 2.79 bits per heavy atom. The third kappa shape index (κ3) is 4.98. The molecule has 6 heteroatoms. The van der Waals surface area contributed by atoms with Crippen molar-refractivity contribution in [1.29, 1.82) is 5.26 Å². The number of rotatable bonds is 5. The van der Waals surface area contributed by atoms with Gasteiger partial charge in [-0.3, -0.25) is 9.59 Å². The molecule has 0 aromatic heterocycles. The van der Waals surface area contributed by atoms with Gasteiger partial charge in [-0.05, 0) is 25.1 Å². The molecule has 1 rings (SSSR count). The first-order valence-electron chi connectivity index (χ1n) is 5.72. The van der Waals surface area contributed by atoms with Crippen LogP contribution in [0, 0.1) is 11.3 Å². The molecule has 0 radical (unpaired) electrons. The summed E-state index contributed by atoms with van der Waals surface area (Å²) in [5.74, 6) is -0.731. The van der Waals surface area contributed by atoms with E-state index in [9.17, 15) is 9.59 Å². The van der Waals surface area contributed by atoms with Gasteiger partial charge in [0.2, 0.25) is 5.91 Å². The van der Waals surface area contributed by atoms with E-state index < -0.39 is 5.97 Å². The number of nitrogens with one attached hydrogen (secondary N) is 1. The number of carbonyl (C=O) groups excluding carboxylic acids is 2. The van der Waals surface area contributed by atoms with Crippen molar-refractivity contribution in [3.05, 3.63) is 28.8 Å². The lowest BCUT2D eigenvalue weighted by Gasteiger charge is -2.06. The highest BCUT2D eigenvalue weighted by atomic mass is 35.5. The molecule has 100 valence electrons. The van der Waals surface area contributed by atoms with Crippen molar-refractivity contribution in [2.24, 2.45) is 0 Å². The molecule has 1 N–H and O–H groups in total. The van der Waals surface area contributed by atoms with Crippen LogP contribution in [-0.4, -0.2) is 18.5 Å². The van der Waals surface area contributed by atoms with Crippen LogP contribution in [0.3, 0.4) is 0 Å². The number of hydrogen-bond donors (Lipinski definition) is 1. The van der Waals surface area contributed by atoms with Crippen LogP contribution in [0.25, 0.3) is 0 Å². The lowest BCUT2D eigenvalue weighted by atomic mass is 10.2. The van der Waals surface area contributed by atoms with Crippen molar-refractivity contribution in [3.63, 3.8) is 0 Å². The average Bonchev–Trinajstić information content (AvgIpc) is 2.39. The highest BCUT2D eigenvalue weighted by Crippen LogP contribution is 2.19. The number of nitrogens with zero attached hydrogens (tertiary/aromatic N) is 1. The highest BCUT2D eigenvalue weighted by Gasteiger charge is 2.09. The van der Waals surface area contributed by atoms with Crippen molar-refractivity contribution in [3.8, 4) is 6.07 Å². The minimum Gasteiger partial charge on any atom is -0.466 e. The van der Waals surface area contributed by atoms with Gasteiger partial charge in [0.15, 0.2) is 0 Å². The normalized spacial score (nSPS) is 9.53. The maximum Gasteiger partial charge on any atom is 0.306 e. The summed E-state index contributed by atoms with van der Waals surface area (Å²) in [5.41, 5.74) is 0.750. The molecule has 0 heterocycles. The first-order valence-corrected chi connectivity index (χ1v) is 6.09. The molecule has 0 saturated heterocycles. The summed E-state index contributed by atoms with van der Waals surface area (Å²) in [7, 11) is 0. The molecule has 0 saturated carbocycles. The molecule has 1 aromatic rings. The van der Waals surface area contributed by atoms with Gasteiger partial charge in [-0.2, -0.15) is 5.26 Å². The molecule has 0 bridgehead atoms. The molecule has 0 fully saturated rings. The van der Waals surface area contributed by atoms with E-state index in [4.69, 9.17) is 21.6 Å². The van der Waals surface area contributed by atoms with Crippen LogP contribution in [0.15, 0.2) is 18.2 Å². The van der Waals surface area contributed by atoms with Gasteiger partial charge in [0, 0.05) is 12.1 Å². The molecule has 0 aliphatic heterocycles. The Labute approximate surface area is 116 Å². The third-order valence-electron chi connectivity index (χ3n) is 2.23. The molecular weight excluding hydrogens is 268 g/mol. The molecule has 0 spiro atoms. The van der Waals surface area contributed by atoms with Crippen molar-refractivity contribution < 1.29 is 14.3 Å². The lowest BCUT2D eigenvalue weighted by molar-refractivity contribution is -0.144. The summed E-state index contributed by atoms with van der Waals surface area (Å²) < 4.78 is 4.72. The van der Waals surface area contributed by atoms with Crippen molar-refractivity contribution in [1.82, 2.24) is 0 Å². The second-order valence-corrected chi connectivity index (χ2v) is 4.07. The van der Waals surface area contributed by atoms with Crippen LogP contribution in [-0.2, 0) is 14.3 Å². The van der Waals surface area contributed by atoms with Crippen molar-refractivity contribution in [2.45, 2.75) is 19.8 Å². The summed E-state index contributed by atoms with van der Waals surface area (Å²) in [6.45, 7) is 2.00. The van der Waals surface area contributed by atoms with E-state index in [0.29, 0.717) is 17.3 Å². The Morgan fingerprint density at radius 1 is 1.42 bits per heavy atom. The Kier molecular flexibility index (Phi) is 5.83. The minimum absolute atomic E-state index is 0.0262. The zero-order valence-corrected chi connectivity index (χ0v) is 11.2. The van der Waals surface area contributed by atoms with Crippen LogP contribution in [0.5, 0.6) is 0 Å². The number of amides is 1. The first-order chi connectivity index (χ1) is 9.06. The largest absolute Gasteiger partial charge is 0.466 e. The van der Waals surface area contributed by atoms with E-state index in [1.54, 1.807) is 13.0 Å². The van der Waals surface area contributed by atoms with E-state index >= 15 is 0 Å². The van der Waals surface area contributed by atoms with Crippen LogP contribution < -0.4 is 5.32 Å². The fraction of sp³-hybridized carbons (Fsp3) is 0.308. The zero-order valence-electron chi connectivity index (χ0n) is 10.4. The van der Waals surface area contributed by atoms with Gasteiger partial charge in [-0.15, -0.1) is 0 Å². The Balaban J connectivity index is 2.53. The van der Waals surface area contributed by atoms with Gasteiger partial charge >= 0.3 is 5.97 Å². The van der Waals surface area contributed by atoms with E-state index in [1.165, 1.54) is 12.1 Å². The van der Waals surface area contributed by atoms with Crippen LogP contribution in [0.1, 0.15) is 25.3 Å². The molecule has 0 atom stereocenters. The fourth-order valence-corrected chi connectivity index (χ4v) is 1.52. The topological polar surface area (TPSA) is 79.2 Å². The molecular formula is C13H13ClN2O3. The van der Waals surface area contributed by atoms with Gasteiger partial charge in [0.1, 0.15) is 6.07 Å². The summed E-state index contributed by atoms with van der Waals surface area (Å²) in [6, 6.07) is 6.51. The van der Waals surface area contributed by atoms with E-state index in [2.05, 4.69) is 5.32 Å². The summed E-state index contributed by atoms with van der Waals surface area (Å²) in [5, 5.41) is 11.7. The number of esters is 1. The third-order valence-corrected chi connectivity index (χ3v) is 2.56. The predicted octanol–water partition coefficient (Wildman–Crippen LogP) is 2.49. The van der Waals surface area contributed by atoms with E-state index in [1.807, 2.05) is 6.07 Å². The average molecular weight is 281 g/mol. The monoisotopic (exact) mass is 280 g/mol. The maximum atomic E-state index is 11.6. The van der Waals surface area contributed by atoms with Gasteiger partial charge in [-0.25, -0.2) is 0 Å². The van der Waals surface area contributed by atoms with Crippen LogP contribution >= 0.6 is 11.6 Å². The number of anilines is 1. The molecule has 0 aliphatic rings. The number of carbonyl (C=O) groups is 2. The van der Waals surface area contributed by atoms with Crippen molar-refractivity contribution >= 4 is 29.2 Å². The molecule has 1 amide bonds. The number of halogens is 1. The SMILES string of the molecule is CCOC(=O)CCC(=O)Nc1ccc(Cl)c(C#N)c1. The Bertz CT molecular complexity index is 523. The highest BCUT2D eigenvalue weighted by molar-refractivity contribution is 6.31. The first kappa shape index (κ1) is 15.0. The lowest BCUT2D eigenvalue weighted by Crippen LogP contribution is -2.14. The predicted molar refractivity (Wildman–Crippen MR) is 70.7 cm³/mol. The fourth-order valence-electron chi connectivity index (χ4n) is 1.36. The van der Waals surface area contributed by atoms with Gasteiger partial charge in [0.05, 0.1) is 23.6 Å². The van der Waals surface area contributed by atoms with Gasteiger partial charge in [0.25, 0.3) is 0 Å². The van der Waals surface area contributed by atoms with Gasteiger partial charge < -0.3 is 10.1 Å². The van der Waals surface area contributed by atoms with Crippen LogP contribution in [0.4, 0.5) is 5.69 Å². The van der Waals surface area contributed by atoms with Crippen molar-refractivity contribution in [2.75, 3.05) is 11.9 Å². The quantitative estimate of drug-likeness (QED) is 0.841. The Morgan fingerprint density at radius 2 is 2.16 bits per heavy atom. The number of nitriles is 1. The maximum absolute atomic E-state index is 11.6. The molecule has 0 aliphatic carbocycles. The second kappa shape index (κ2) is 7.39. The number of ether oxygens (including phenoxy) is 1. The number of hydrogen-bond acceptors (Lipinski definition) is 4. The summed E-state index contributed by atoms with van der Waals surface area (Å²) >= 11 is 5.77. The minimum atomic E-state index is -0.411. The molecule has 5 nitrogen and oxygen atoms in total. The second-order valence-electron chi connectivity index (χ2n) is 3.66. The Hall–Kier alpha value is -2.06. The summed E-state index contributed by atoms with van der Waals surface area (Å²) in [4.78, 5) is 22.7. The molecule has 1 aromatic carbocycles. The molecule has 19 heavy (non-hydrogen) atoms. The van der Waals surface area contributed by atoms with Gasteiger partial charge in [-0.1, -0.05) is 11.6 Å². The standard InChI is InChI=1S/C13H13ClN2O3/c1-2-19-13(18)6-5-12(17)16-10-3-4-11(14)9(7-10)8-15/h3-4,7H,2,5-6H2,1H3,(H,16,17). The molecule has 0 unspecified atom stereocenters. The smallest absolute Gasteiger partial charge is 0.306 e. The van der Waals surface area contributed by atoms with Crippen LogP contribution in [0.2, 0.25) is 5.02 Å². The van der Waals surface area contributed by atoms with E-state index in [0.717, 1.165) is 0 Å². The zero-order chi connectivity index (χ0) is 14.3.